The topological polar surface area (TPSA) is 43.8 Å². The van der Waals surface area contributed by atoms with Crippen LogP contribution in [0.15, 0.2) is 24.3 Å². The maximum absolute atomic E-state index is 5.93. The second-order valence-corrected chi connectivity index (χ2v) is 5.14. The molecule has 2 aromatic rings. The molecule has 0 spiro atoms. The Labute approximate surface area is 109 Å². The molecule has 2 rings (SSSR count). The van der Waals surface area contributed by atoms with Crippen LogP contribution in [-0.4, -0.2) is 16.1 Å². The zero-order chi connectivity index (χ0) is 13.1. The van der Waals surface area contributed by atoms with Crippen molar-refractivity contribution in [1.82, 2.24) is 9.55 Å². The summed E-state index contributed by atoms with van der Waals surface area (Å²) in [6, 6.07) is 8.76. The monoisotopic (exact) mass is 245 g/mol. The summed E-state index contributed by atoms with van der Waals surface area (Å²) in [5, 5.41) is 0. The van der Waals surface area contributed by atoms with Crippen molar-refractivity contribution >= 4 is 11.0 Å². The van der Waals surface area contributed by atoms with E-state index in [1.807, 2.05) is 6.07 Å². The number of hydrogen-bond acceptors (Lipinski definition) is 2. The van der Waals surface area contributed by atoms with Crippen molar-refractivity contribution in [3.05, 3.63) is 30.1 Å². The van der Waals surface area contributed by atoms with Gasteiger partial charge in [-0.2, -0.15) is 0 Å². The summed E-state index contributed by atoms with van der Waals surface area (Å²) in [5.41, 5.74) is 8.23. The van der Waals surface area contributed by atoms with E-state index in [-0.39, 0.29) is 0 Å². The van der Waals surface area contributed by atoms with Crippen LogP contribution in [0.3, 0.4) is 0 Å². The van der Waals surface area contributed by atoms with Crippen LogP contribution >= 0.6 is 0 Å². The van der Waals surface area contributed by atoms with Gasteiger partial charge in [0.15, 0.2) is 0 Å². The first-order chi connectivity index (χ1) is 8.69. The number of para-hydroxylation sites is 2. The fourth-order valence-corrected chi connectivity index (χ4v) is 2.59. The summed E-state index contributed by atoms with van der Waals surface area (Å²) < 4.78 is 2.34. The smallest absolute Gasteiger partial charge is 0.114 e. The van der Waals surface area contributed by atoms with Crippen molar-refractivity contribution < 1.29 is 0 Å². The number of hydrogen-bond donors (Lipinski definition) is 1. The highest BCUT2D eigenvalue weighted by Crippen LogP contribution is 2.27. The lowest BCUT2D eigenvalue weighted by atomic mass is 10.0. The van der Waals surface area contributed by atoms with E-state index < -0.39 is 0 Å². The zero-order valence-corrected chi connectivity index (χ0v) is 11.6. The maximum atomic E-state index is 5.93. The molecule has 3 heteroatoms. The number of benzene rings is 1. The lowest BCUT2D eigenvalue weighted by molar-refractivity contribution is 0.515. The maximum Gasteiger partial charge on any atom is 0.114 e. The predicted molar refractivity (Wildman–Crippen MR) is 76.8 cm³/mol. The van der Waals surface area contributed by atoms with E-state index in [0.29, 0.717) is 18.5 Å². The van der Waals surface area contributed by atoms with Gasteiger partial charge >= 0.3 is 0 Å². The van der Waals surface area contributed by atoms with Gasteiger partial charge in [0.05, 0.1) is 11.0 Å². The van der Waals surface area contributed by atoms with Crippen LogP contribution in [0.25, 0.3) is 11.0 Å². The summed E-state index contributed by atoms with van der Waals surface area (Å²) in [5.74, 6) is 1.51. The molecule has 1 heterocycles. The molecule has 1 atom stereocenters. The van der Waals surface area contributed by atoms with Gasteiger partial charge in [0, 0.05) is 18.5 Å². The molecule has 0 saturated carbocycles. The van der Waals surface area contributed by atoms with Crippen molar-refractivity contribution in [2.75, 3.05) is 6.54 Å². The molecule has 1 unspecified atom stereocenters. The van der Waals surface area contributed by atoms with Gasteiger partial charge in [0.25, 0.3) is 0 Å². The summed E-state index contributed by atoms with van der Waals surface area (Å²) in [6.07, 6.45) is 2.25. The Morgan fingerprint density at radius 1 is 1.28 bits per heavy atom. The zero-order valence-electron chi connectivity index (χ0n) is 11.6. The third-order valence-electron chi connectivity index (χ3n) is 3.43. The number of fused-ring (bicyclic) bond motifs is 1. The quantitative estimate of drug-likeness (QED) is 0.876. The molecule has 0 aliphatic heterocycles. The molecule has 1 aromatic carbocycles. The fourth-order valence-electron chi connectivity index (χ4n) is 2.59. The van der Waals surface area contributed by atoms with Crippen LogP contribution in [0.2, 0.25) is 0 Å². The first kappa shape index (κ1) is 13.1. The Balaban J connectivity index is 2.57. The van der Waals surface area contributed by atoms with Crippen molar-refractivity contribution in [2.24, 2.45) is 5.73 Å². The molecule has 0 fully saturated rings. The van der Waals surface area contributed by atoms with Gasteiger partial charge in [-0.1, -0.05) is 25.5 Å². The van der Waals surface area contributed by atoms with E-state index in [2.05, 4.69) is 43.5 Å². The predicted octanol–water partition coefficient (Wildman–Crippen LogP) is 3.46. The van der Waals surface area contributed by atoms with Crippen LogP contribution < -0.4 is 5.73 Å². The molecule has 0 saturated heterocycles. The van der Waals surface area contributed by atoms with E-state index in [0.717, 1.165) is 24.2 Å². The highest BCUT2D eigenvalue weighted by molar-refractivity contribution is 5.76. The van der Waals surface area contributed by atoms with E-state index in [9.17, 15) is 0 Å². The van der Waals surface area contributed by atoms with Gasteiger partial charge in [0.2, 0.25) is 0 Å². The SMILES string of the molecule is CCCC(CN)c1nc2ccccc2n1C(C)C. The fraction of sp³-hybridized carbons (Fsp3) is 0.533. The summed E-state index contributed by atoms with van der Waals surface area (Å²) in [7, 11) is 0. The number of rotatable bonds is 5. The van der Waals surface area contributed by atoms with Crippen molar-refractivity contribution in [3.63, 3.8) is 0 Å². The van der Waals surface area contributed by atoms with Crippen LogP contribution in [0.5, 0.6) is 0 Å². The normalized spacial score (nSPS) is 13.4. The van der Waals surface area contributed by atoms with Gasteiger partial charge in [-0.3, -0.25) is 0 Å². The van der Waals surface area contributed by atoms with E-state index >= 15 is 0 Å². The van der Waals surface area contributed by atoms with Crippen LogP contribution in [-0.2, 0) is 0 Å². The number of aromatic nitrogens is 2. The lowest BCUT2D eigenvalue weighted by Crippen LogP contribution is -2.18. The molecular weight excluding hydrogens is 222 g/mol. The minimum atomic E-state index is 0.366. The Bertz CT molecular complexity index is 513. The van der Waals surface area contributed by atoms with Crippen LogP contribution in [0, 0.1) is 0 Å². The standard InChI is InChI=1S/C15H23N3/c1-4-7-12(10-16)15-17-13-8-5-6-9-14(13)18(15)11(2)3/h5-6,8-9,11-12H,4,7,10,16H2,1-3H3. The van der Waals surface area contributed by atoms with Gasteiger partial charge < -0.3 is 10.3 Å². The highest BCUT2D eigenvalue weighted by atomic mass is 15.1. The molecule has 0 aliphatic rings. The largest absolute Gasteiger partial charge is 0.330 e. The molecule has 0 radical (unpaired) electrons. The molecule has 2 N–H and O–H groups in total. The third kappa shape index (κ3) is 2.27. The molecule has 1 aromatic heterocycles. The molecule has 98 valence electrons. The van der Waals surface area contributed by atoms with Crippen molar-refractivity contribution in [2.45, 2.75) is 45.6 Å². The second kappa shape index (κ2) is 5.53. The molecule has 0 amide bonds. The molecule has 0 bridgehead atoms. The third-order valence-corrected chi connectivity index (χ3v) is 3.43. The highest BCUT2D eigenvalue weighted by Gasteiger charge is 2.19. The van der Waals surface area contributed by atoms with Gasteiger partial charge in [-0.25, -0.2) is 4.98 Å². The molecule has 18 heavy (non-hydrogen) atoms. The van der Waals surface area contributed by atoms with Gasteiger partial charge in [0.1, 0.15) is 5.82 Å². The first-order valence-corrected chi connectivity index (χ1v) is 6.86. The Kier molecular flexibility index (Phi) is 4.02. The Hall–Kier alpha value is -1.35. The van der Waals surface area contributed by atoms with Crippen molar-refractivity contribution in [3.8, 4) is 0 Å². The number of nitrogens with zero attached hydrogens (tertiary/aromatic N) is 2. The molecular formula is C15H23N3. The summed E-state index contributed by atoms with van der Waals surface area (Å²) in [4.78, 5) is 4.81. The minimum absolute atomic E-state index is 0.366. The summed E-state index contributed by atoms with van der Waals surface area (Å²) >= 11 is 0. The number of imidazole rings is 1. The van der Waals surface area contributed by atoms with Crippen LogP contribution in [0.4, 0.5) is 0 Å². The van der Waals surface area contributed by atoms with E-state index in [1.54, 1.807) is 0 Å². The first-order valence-electron chi connectivity index (χ1n) is 6.86. The van der Waals surface area contributed by atoms with Gasteiger partial charge in [-0.05, 0) is 32.4 Å². The lowest BCUT2D eigenvalue weighted by Gasteiger charge is -2.19. The van der Waals surface area contributed by atoms with E-state index in [4.69, 9.17) is 10.7 Å². The Morgan fingerprint density at radius 2 is 2.00 bits per heavy atom. The molecule has 3 nitrogen and oxygen atoms in total. The van der Waals surface area contributed by atoms with E-state index in [1.165, 1.54) is 5.52 Å². The Morgan fingerprint density at radius 3 is 2.61 bits per heavy atom. The second-order valence-electron chi connectivity index (χ2n) is 5.14. The van der Waals surface area contributed by atoms with Gasteiger partial charge in [-0.15, -0.1) is 0 Å². The van der Waals surface area contributed by atoms with Crippen LogP contribution in [0.1, 0.15) is 51.4 Å². The van der Waals surface area contributed by atoms with Crippen molar-refractivity contribution in [1.29, 1.82) is 0 Å². The number of nitrogens with two attached hydrogens (primary N) is 1. The average molecular weight is 245 g/mol. The molecule has 0 aliphatic carbocycles. The minimum Gasteiger partial charge on any atom is -0.330 e. The average Bonchev–Trinajstić information content (AvgIpc) is 2.74. The summed E-state index contributed by atoms with van der Waals surface area (Å²) in [6.45, 7) is 7.28.